The van der Waals surface area contributed by atoms with Crippen molar-refractivity contribution >= 4 is 11.6 Å². The summed E-state index contributed by atoms with van der Waals surface area (Å²) in [5, 5.41) is 11.0. The summed E-state index contributed by atoms with van der Waals surface area (Å²) in [6.45, 7) is 5.68. The van der Waals surface area contributed by atoms with Crippen LogP contribution in [-0.4, -0.2) is 71.4 Å². The molecule has 0 radical (unpaired) electrons. The first-order chi connectivity index (χ1) is 9.74. The van der Waals surface area contributed by atoms with Gasteiger partial charge in [0.2, 0.25) is 0 Å². The summed E-state index contributed by atoms with van der Waals surface area (Å²) in [7, 11) is 0. The van der Waals surface area contributed by atoms with Crippen LogP contribution in [0.25, 0.3) is 0 Å². The quantitative estimate of drug-likeness (QED) is 0.886. The molecule has 3 rings (SSSR count). The molecule has 0 aromatic carbocycles. The van der Waals surface area contributed by atoms with Gasteiger partial charge in [-0.05, 0) is 11.6 Å². The Morgan fingerprint density at radius 3 is 2.90 bits per heavy atom. The minimum Gasteiger partial charge on any atom is -0.390 e. The Labute approximate surface area is 124 Å². The smallest absolute Gasteiger partial charge is 0.0834 e. The van der Waals surface area contributed by atoms with E-state index in [1.54, 1.807) is 12.4 Å². The van der Waals surface area contributed by atoms with Crippen LogP contribution in [0, 0.1) is 0 Å². The second kappa shape index (κ2) is 6.37. The highest BCUT2D eigenvalue weighted by molar-refractivity contribution is 6.31. The maximum absolute atomic E-state index is 10.3. The summed E-state index contributed by atoms with van der Waals surface area (Å²) in [6, 6.07) is 2.15. The van der Waals surface area contributed by atoms with E-state index in [1.807, 2.05) is 6.07 Å². The van der Waals surface area contributed by atoms with Gasteiger partial charge in [-0.25, -0.2) is 0 Å². The van der Waals surface area contributed by atoms with Gasteiger partial charge in [-0.15, -0.1) is 0 Å². The SMILES string of the molecule is O[C@H]1CN(Cc2ccncc2Cl)C[C@@H]1N1CCOCC1. The Bertz CT molecular complexity index is 454. The molecule has 0 saturated carbocycles. The molecule has 3 heterocycles. The second-order valence-electron chi connectivity index (χ2n) is 5.44. The Morgan fingerprint density at radius 1 is 1.35 bits per heavy atom. The van der Waals surface area contributed by atoms with E-state index in [-0.39, 0.29) is 12.1 Å². The van der Waals surface area contributed by atoms with Crippen LogP contribution in [0.5, 0.6) is 0 Å². The van der Waals surface area contributed by atoms with E-state index in [4.69, 9.17) is 16.3 Å². The average molecular weight is 298 g/mol. The van der Waals surface area contributed by atoms with E-state index < -0.39 is 0 Å². The van der Waals surface area contributed by atoms with E-state index in [2.05, 4.69) is 14.8 Å². The number of halogens is 1. The van der Waals surface area contributed by atoms with Crippen LogP contribution in [0.15, 0.2) is 18.5 Å². The van der Waals surface area contributed by atoms with Gasteiger partial charge in [0.25, 0.3) is 0 Å². The van der Waals surface area contributed by atoms with Gasteiger partial charge in [0.1, 0.15) is 0 Å². The molecular weight excluding hydrogens is 278 g/mol. The van der Waals surface area contributed by atoms with Crippen molar-refractivity contribution in [3.05, 3.63) is 29.0 Å². The molecule has 0 amide bonds. The van der Waals surface area contributed by atoms with E-state index in [0.29, 0.717) is 11.6 Å². The number of hydrogen-bond donors (Lipinski definition) is 1. The van der Waals surface area contributed by atoms with Crippen LogP contribution >= 0.6 is 11.6 Å². The van der Waals surface area contributed by atoms with Gasteiger partial charge in [0.05, 0.1) is 24.3 Å². The Balaban J connectivity index is 1.61. The number of pyridine rings is 1. The molecule has 6 heteroatoms. The van der Waals surface area contributed by atoms with Crippen LogP contribution in [0.2, 0.25) is 5.02 Å². The normalized spacial score (nSPS) is 28.9. The first kappa shape index (κ1) is 14.2. The zero-order valence-corrected chi connectivity index (χ0v) is 12.2. The molecule has 1 aromatic heterocycles. The Hall–Kier alpha value is -0.720. The number of aliphatic hydroxyl groups excluding tert-OH is 1. The maximum Gasteiger partial charge on any atom is 0.0834 e. The number of ether oxygens (including phenoxy) is 1. The van der Waals surface area contributed by atoms with Gasteiger partial charge in [-0.3, -0.25) is 14.8 Å². The van der Waals surface area contributed by atoms with E-state index in [0.717, 1.165) is 45.0 Å². The van der Waals surface area contributed by atoms with Crippen LogP contribution in [0.4, 0.5) is 0 Å². The fourth-order valence-electron chi connectivity index (χ4n) is 3.02. The second-order valence-corrected chi connectivity index (χ2v) is 5.85. The number of likely N-dealkylation sites (tertiary alicyclic amines) is 1. The summed E-state index contributed by atoms with van der Waals surface area (Å²) in [5.74, 6) is 0. The first-order valence-electron chi connectivity index (χ1n) is 7.04. The zero-order valence-electron chi connectivity index (χ0n) is 11.4. The van der Waals surface area contributed by atoms with Gasteiger partial charge >= 0.3 is 0 Å². The monoisotopic (exact) mass is 297 g/mol. The fraction of sp³-hybridized carbons (Fsp3) is 0.643. The third kappa shape index (κ3) is 3.13. The zero-order chi connectivity index (χ0) is 13.9. The molecule has 0 spiro atoms. The lowest BCUT2D eigenvalue weighted by Crippen LogP contribution is -2.48. The van der Waals surface area contributed by atoms with Crippen molar-refractivity contribution < 1.29 is 9.84 Å². The topological polar surface area (TPSA) is 48.8 Å². The number of β-amino-alcohol motifs (C(OH)–C–C–N with tert-alkyl or cyclic N) is 1. The summed E-state index contributed by atoms with van der Waals surface area (Å²) in [5.41, 5.74) is 1.07. The summed E-state index contributed by atoms with van der Waals surface area (Å²) < 4.78 is 5.37. The predicted octanol–water partition coefficient (Wildman–Crippen LogP) is 0.612. The van der Waals surface area contributed by atoms with Crippen molar-refractivity contribution in [1.29, 1.82) is 0 Å². The molecule has 20 heavy (non-hydrogen) atoms. The molecule has 1 N–H and O–H groups in total. The lowest BCUT2D eigenvalue weighted by atomic mass is 10.1. The van der Waals surface area contributed by atoms with E-state index >= 15 is 0 Å². The van der Waals surface area contributed by atoms with Gasteiger partial charge in [-0.2, -0.15) is 0 Å². The average Bonchev–Trinajstić information content (AvgIpc) is 2.83. The summed E-state index contributed by atoms with van der Waals surface area (Å²) in [4.78, 5) is 8.59. The standard InChI is InChI=1S/C14H20ClN3O2/c15-12-7-16-2-1-11(12)8-17-9-13(14(19)10-17)18-3-5-20-6-4-18/h1-2,7,13-14,19H,3-6,8-10H2/t13-,14-/m0/s1. The highest BCUT2D eigenvalue weighted by Crippen LogP contribution is 2.22. The third-order valence-electron chi connectivity index (χ3n) is 4.10. The third-order valence-corrected chi connectivity index (χ3v) is 4.44. The van der Waals surface area contributed by atoms with Crippen molar-refractivity contribution in [2.45, 2.75) is 18.7 Å². The van der Waals surface area contributed by atoms with Crippen molar-refractivity contribution in [3.63, 3.8) is 0 Å². The highest BCUT2D eigenvalue weighted by atomic mass is 35.5. The van der Waals surface area contributed by atoms with Crippen molar-refractivity contribution in [2.24, 2.45) is 0 Å². The highest BCUT2D eigenvalue weighted by Gasteiger charge is 2.36. The number of rotatable bonds is 3. The minimum atomic E-state index is -0.297. The largest absolute Gasteiger partial charge is 0.390 e. The molecule has 0 aliphatic carbocycles. The minimum absolute atomic E-state index is 0.208. The molecule has 5 nitrogen and oxygen atoms in total. The van der Waals surface area contributed by atoms with Gasteiger partial charge in [-0.1, -0.05) is 11.6 Å². The van der Waals surface area contributed by atoms with Crippen molar-refractivity contribution in [1.82, 2.24) is 14.8 Å². The molecule has 1 aromatic rings. The van der Waals surface area contributed by atoms with E-state index in [1.165, 1.54) is 0 Å². The van der Waals surface area contributed by atoms with Crippen LogP contribution in [0.1, 0.15) is 5.56 Å². The number of nitrogens with zero attached hydrogens (tertiary/aromatic N) is 3. The summed E-state index contributed by atoms with van der Waals surface area (Å²) >= 11 is 6.15. The molecule has 2 aliphatic heterocycles. The molecule has 2 fully saturated rings. The molecule has 0 bridgehead atoms. The van der Waals surface area contributed by atoms with Crippen molar-refractivity contribution in [2.75, 3.05) is 39.4 Å². The lowest BCUT2D eigenvalue weighted by Gasteiger charge is -2.33. The molecule has 2 atom stereocenters. The predicted molar refractivity (Wildman–Crippen MR) is 76.7 cm³/mol. The number of aliphatic hydroxyl groups is 1. The maximum atomic E-state index is 10.3. The summed E-state index contributed by atoms with van der Waals surface area (Å²) in [6.07, 6.45) is 3.13. The fourth-order valence-corrected chi connectivity index (χ4v) is 3.20. The number of morpholine rings is 1. The first-order valence-corrected chi connectivity index (χ1v) is 7.42. The number of hydrogen-bond acceptors (Lipinski definition) is 5. The molecule has 110 valence electrons. The van der Waals surface area contributed by atoms with Crippen LogP contribution in [0.3, 0.4) is 0 Å². The lowest BCUT2D eigenvalue weighted by molar-refractivity contribution is -0.00618. The Kier molecular flexibility index (Phi) is 4.53. The van der Waals surface area contributed by atoms with Gasteiger partial charge in [0, 0.05) is 51.2 Å². The van der Waals surface area contributed by atoms with E-state index in [9.17, 15) is 5.11 Å². The molecule has 2 saturated heterocycles. The molecule has 0 unspecified atom stereocenters. The molecular formula is C14H20ClN3O2. The Morgan fingerprint density at radius 2 is 2.15 bits per heavy atom. The van der Waals surface area contributed by atoms with Crippen LogP contribution < -0.4 is 0 Å². The van der Waals surface area contributed by atoms with Crippen molar-refractivity contribution in [3.8, 4) is 0 Å². The van der Waals surface area contributed by atoms with Crippen LogP contribution in [-0.2, 0) is 11.3 Å². The number of aromatic nitrogens is 1. The molecule has 2 aliphatic rings. The van der Waals surface area contributed by atoms with Gasteiger partial charge < -0.3 is 9.84 Å². The van der Waals surface area contributed by atoms with Gasteiger partial charge in [0.15, 0.2) is 0 Å².